The third kappa shape index (κ3) is 6.13. The number of carbonyl (C=O) groups is 3. The van der Waals surface area contributed by atoms with Gasteiger partial charge in [0.2, 0.25) is 11.8 Å². The molecule has 5 rings (SSSR count). The molecule has 1 N–H and O–H groups in total. The maximum absolute atomic E-state index is 14.6. The van der Waals surface area contributed by atoms with Gasteiger partial charge in [-0.05, 0) is 87.6 Å². The van der Waals surface area contributed by atoms with Gasteiger partial charge in [0.05, 0.1) is 24.5 Å². The second-order valence-corrected chi connectivity index (χ2v) is 12.2. The van der Waals surface area contributed by atoms with Crippen molar-refractivity contribution in [2.24, 2.45) is 11.8 Å². The van der Waals surface area contributed by atoms with Crippen LogP contribution in [0.2, 0.25) is 5.02 Å². The van der Waals surface area contributed by atoms with Crippen LogP contribution < -0.4 is 14.5 Å². The van der Waals surface area contributed by atoms with Gasteiger partial charge in [-0.1, -0.05) is 23.8 Å². The van der Waals surface area contributed by atoms with E-state index in [4.69, 9.17) is 21.1 Å². The van der Waals surface area contributed by atoms with Crippen molar-refractivity contribution in [2.45, 2.75) is 56.8 Å². The first kappa shape index (κ1) is 32.7. The molecule has 2 bridgehead atoms. The van der Waals surface area contributed by atoms with Gasteiger partial charge < -0.3 is 29.3 Å². The van der Waals surface area contributed by atoms with Gasteiger partial charge in [-0.2, -0.15) is 0 Å². The zero-order chi connectivity index (χ0) is 32.1. The monoisotopic (exact) mass is 635 g/mol. The number of aliphatic hydroxyl groups is 1. The normalized spacial score (nSPS) is 24.8. The summed E-state index contributed by atoms with van der Waals surface area (Å²) >= 11 is 6.15. The van der Waals surface area contributed by atoms with Crippen LogP contribution in [-0.4, -0.2) is 78.3 Å². The van der Waals surface area contributed by atoms with Gasteiger partial charge in [-0.15, -0.1) is 13.2 Å². The van der Waals surface area contributed by atoms with Crippen LogP contribution in [0.15, 0.2) is 73.8 Å². The van der Waals surface area contributed by atoms with Gasteiger partial charge in [0, 0.05) is 42.6 Å². The Balaban J connectivity index is 1.51. The Morgan fingerprint density at radius 1 is 1.02 bits per heavy atom. The smallest absolute Gasteiger partial charge is 0.253 e. The molecule has 1 spiro atoms. The van der Waals surface area contributed by atoms with E-state index < -0.39 is 29.6 Å². The molecule has 9 nitrogen and oxygen atoms in total. The number of likely N-dealkylation sites (tertiary alicyclic amines) is 1. The van der Waals surface area contributed by atoms with Crippen LogP contribution in [0, 0.1) is 11.8 Å². The number of ether oxygens (including phenoxy) is 2. The molecule has 0 saturated carbocycles. The lowest BCUT2D eigenvalue weighted by molar-refractivity contribution is -0.140. The summed E-state index contributed by atoms with van der Waals surface area (Å²) in [5.41, 5.74) is 0.157. The van der Waals surface area contributed by atoms with Crippen molar-refractivity contribution in [3.05, 3.63) is 78.9 Å². The topological polar surface area (TPSA) is 99.6 Å². The lowest BCUT2D eigenvalue weighted by Gasteiger charge is -2.37. The fourth-order valence-electron chi connectivity index (χ4n) is 7.27. The fraction of sp³-hybridized carbons (Fsp3) is 0.457. The Bertz CT molecular complexity index is 1400. The van der Waals surface area contributed by atoms with Gasteiger partial charge in [-0.3, -0.25) is 14.4 Å². The Kier molecular flexibility index (Phi) is 10.3. The summed E-state index contributed by atoms with van der Waals surface area (Å²) in [6.45, 7) is 11.0. The first-order chi connectivity index (χ1) is 21.8. The standard InChI is InChI=1S/C35H42ClN3O6/c1-4-20-37(26-14-16-27(17-15-26)44-6-3)32(41)29-28-18-19-35(45-28)30(29)33(42)39(22-8-7-9-23-40)31(35)34(43)38(21-5-2)25-12-10-24(36)11-13-25/h4-5,10-17,28-31,40H,1-2,6-9,18-23H2,3H3/t28-,29+,30+,31?,35?/m1/s1. The molecule has 3 amide bonds. The Morgan fingerprint density at radius 3 is 2.24 bits per heavy atom. The molecule has 2 unspecified atom stereocenters. The summed E-state index contributed by atoms with van der Waals surface area (Å²) in [6, 6.07) is 13.3. The predicted octanol–water partition coefficient (Wildman–Crippen LogP) is 5.01. The summed E-state index contributed by atoms with van der Waals surface area (Å²) in [7, 11) is 0. The van der Waals surface area contributed by atoms with E-state index >= 15 is 0 Å². The van der Waals surface area contributed by atoms with Crippen LogP contribution in [0.3, 0.4) is 0 Å². The van der Waals surface area contributed by atoms with Crippen LogP contribution in [0.4, 0.5) is 11.4 Å². The molecule has 3 aliphatic heterocycles. The molecule has 3 heterocycles. The van der Waals surface area contributed by atoms with Gasteiger partial charge >= 0.3 is 0 Å². The van der Waals surface area contributed by atoms with Crippen LogP contribution in [-0.2, 0) is 19.1 Å². The Morgan fingerprint density at radius 2 is 1.64 bits per heavy atom. The van der Waals surface area contributed by atoms with E-state index in [-0.39, 0.29) is 37.4 Å². The van der Waals surface area contributed by atoms with Crippen LogP contribution >= 0.6 is 11.6 Å². The van der Waals surface area contributed by atoms with Crippen LogP contribution in [0.25, 0.3) is 0 Å². The number of fused-ring (bicyclic) bond motifs is 1. The van der Waals surface area contributed by atoms with Gasteiger partial charge in [-0.25, -0.2) is 0 Å². The SMILES string of the molecule is C=CCN(C(=O)C1N(CCCCCO)C(=O)[C@@H]2[C@@H](C(=O)N(CC=C)c3ccc(OCC)cc3)[C@H]3CCC12O3)c1ccc(Cl)cc1. The molecule has 5 atom stereocenters. The van der Waals surface area contributed by atoms with E-state index in [1.54, 1.807) is 51.1 Å². The number of amides is 3. The van der Waals surface area contributed by atoms with Crippen molar-refractivity contribution in [1.82, 2.24) is 4.90 Å². The highest BCUT2D eigenvalue weighted by atomic mass is 35.5. The summed E-state index contributed by atoms with van der Waals surface area (Å²) in [4.78, 5) is 48.4. The van der Waals surface area contributed by atoms with Crippen molar-refractivity contribution in [2.75, 3.05) is 42.6 Å². The molecule has 0 aliphatic carbocycles. The van der Waals surface area contributed by atoms with E-state index in [1.807, 2.05) is 31.2 Å². The lowest BCUT2D eigenvalue weighted by Crippen LogP contribution is -2.56. The number of hydrogen-bond donors (Lipinski definition) is 1. The van der Waals surface area contributed by atoms with E-state index in [2.05, 4.69) is 13.2 Å². The molecule has 10 heteroatoms. The van der Waals surface area contributed by atoms with Crippen LogP contribution in [0.5, 0.6) is 5.75 Å². The van der Waals surface area contributed by atoms with E-state index in [1.165, 1.54) is 0 Å². The minimum absolute atomic E-state index is 0.0542. The number of halogens is 1. The van der Waals surface area contributed by atoms with E-state index in [0.29, 0.717) is 67.4 Å². The van der Waals surface area contributed by atoms with Crippen molar-refractivity contribution in [3.8, 4) is 5.75 Å². The number of rotatable bonds is 15. The van der Waals surface area contributed by atoms with Crippen molar-refractivity contribution >= 4 is 40.7 Å². The first-order valence-corrected chi connectivity index (χ1v) is 16.1. The highest BCUT2D eigenvalue weighted by Gasteiger charge is 2.74. The number of carbonyl (C=O) groups excluding carboxylic acids is 3. The second-order valence-electron chi connectivity index (χ2n) is 11.8. The Labute approximate surface area is 270 Å². The average molecular weight is 636 g/mol. The van der Waals surface area contributed by atoms with Gasteiger partial charge in [0.25, 0.3) is 5.91 Å². The summed E-state index contributed by atoms with van der Waals surface area (Å²) in [5.74, 6) is -1.60. The maximum atomic E-state index is 14.6. The molecular formula is C35H42ClN3O6. The fourth-order valence-corrected chi connectivity index (χ4v) is 7.39. The lowest BCUT2D eigenvalue weighted by atomic mass is 9.70. The largest absolute Gasteiger partial charge is 0.494 e. The highest BCUT2D eigenvalue weighted by molar-refractivity contribution is 6.30. The van der Waals surface area contributed by atoms with Crippen molar-refractivity contribution < 1.29 is 29.0 Å². The molecule has 3 saturated heterocycles. The van der Waals surface area contributed by atoms with Crippen molar-refractivity contribution in [1.29, 1.82) is 0 Å². The molecule has 0 aromatic heterocycles. The molecule has 0 radical (unpaired) electrons. The molecule has 240 valence electrons. The zero-order valence-corrected chi connectivity index (χ0v) is 26.5. The van der Waals surface area contributed by atoms with E-state index in [0.717, 1.165) is 0 Å². The van der Waals surface area contributed by atoms with E-state index in [9.17, 15) is 19.5 Å². The highest BCUT2D eigenvalue weighted by Crippen LogP contribution is 2.59. The molecule has 3 fully saturated rings. The third-order valence-electron chi connectivity index (χ3n) is 9.13. The van der Waals surface area contributed by atoms with Crippen molar-refractivity contribution in [3.63, 3.8) is 0 Å². The number of hydrogen-bond acceptors (Lipinski definition) is 6. The van der Waals surface area contributed by atoms with Gasteiger partial charge in [0.15, 0.2) is 0 Å². The summed E-state index contributed by atoms with van der Waals surface area (Å²) < 4.78 is 12.3. The number of anilines is 2. The summed E-state index contributed by atoms with van der Waals surface area (Å²) in [5, 5.41) is 9.88. The molecule has 45 heavy (non-hydrogen) atoms. The number of benzene rings is 2. The summed E-state index contributed by atoms with van der Waals surface area (Å²) in [6.07, 6.45) is 5.78. The Hall–Kier alpha value is -3.66. The molecular weight excluding hydrogens is 594 g/mol. The first-order valence-electron chi connectivity index (χ1n) is 15.7. The molecule has 2 aromatic rings. The third-order valence-corrected chi connectivity index (χ3v) is 9.38. The number of unbranched alkanes of at least 4 members (excludes halogenated alkanes) is 2. The molecule has 2 aromatic carbocycles. The minimum Gasteiger partial charge on any atom is -0.494 e. The predicted molar refractivity (Wildman–Crippen MR) is 174 cm³/mol. The number of nitrogens with zero attached hydrogens (tertiary/aromatic N) is 3. The van der Waals surface area contributed by atoms with Gasteiger partial charge in [0.1, 0.15) is 17.4 Å². The minimum atomic E-state index is -1.14. The number of aliphatic hydroxyl groups excluding tert-OH is 1. The average Bonchev–Trinajstić information content (AvgIpc) is 3.69. The quantitative estimate of drug-likeness (QED) is 0.218. The maximum Gasteiger partial charge on any atom is 0.253 e. The molecule has 3 aliphatic rings. The second kappa shape index (κ2) is 14.2. The van der Waals surface area contributed by atoms with Crippen LogP contribution in [0.1, 0.15) is 39.0 Å². The zero-order valence-electron chi connectivity index (χ0n) is 25.8.